The quantitative estimate of drug-likeness (QED) is 0.600. The number of non-ortho nitro benzene ring substituents is 1. The number of amides is 1. The van der Waals surface area contributed by atoms with Crippen molar-refractivity contribution >= 4 is 23.3 Å². The van der Waals surface area contributed by atoms with Crippen LogP contribution in [0.3, 0.4) is 0 Å². The second-order valence-electron chi connectivity index (χ2n) is 5.63. The van der Waals surface area contributed by atoms with E-state index in [1.165, 1.54) is 50.2 Å². The zero-order chi connectivity index (χ0) is 18.8. The molecule has 0 aliphatic rings. The number of hydrogen-bond donors (Lipinski definition) is 2. The lowest BCUT2D eigenvalue weighted by Crippen LogP contribution is -2.35. The van der Waals surface area contributed by atoms with Crippen molar-refractivity contribution in [3.8, 4) is 5.75 Å². The predicted octanol–water partition coefficient (Wildman–Crippen LogP) is 1.87. The normalized spacial score (nSPS) is 11.0. The van der Waals surface area contributed by atoms with Crippen LogP contribution in [0.15, 0.2) is 30.6 Å². The molecule has 2 rings (SSSR count). The number of hydrogen-bond acceptors (Lipinski definition) is 6. The molecule has 25 heavy (non-hydrogen) atoms. The van der Waals surface area contributed by atoms with Gasteiger partial charge in [0.25, 0.3) is 11.6 Å². The zero-order valence-electron chi connectivity index (χ0n) is 13.7. The first-order valence-corrected chi connectivity index (χ1v) is 7.09. The lowest BCUT2D eigenvalue weighted by molar-refractivity contribution is -0.384. The first kappa shape index (κ1) is 17.9. The molecule has 10 nitrogen and oxygen atoms in total. The number of nitrogens with one attached hydrogen (secondary N) is 1. The minimum atomic E-state index is -1.30. The SMILES string of the molecule is COc1ccc([N+](=O)[O-])cc1C(=O)Nc1cnn(C(C)(C)C(=O)O)c1. The number of anilines is 1. The number of carbonyl (C=O) groups is 2. The molecule has 0 bridgehead atoms. The first-order chi connectivity index (χ1) is 11.7. The number of methoxy groups -OCH3 is 1. The summed E-state index contributed by atoms with van der Waals surface area (Å²) in [6.07, 6.45) is 2.64. The Labute approximate surface area is 142 Å². The van der Waals surface area contributed by atoms with Crippen LogP contribution in [0, 0.1) is 10.1 Å². The van der Waals surface area contributed by atoms with Crippen LogP contribution in [-0.2, 0) is 10.3 Å². The third-order valence-electron chi connectivity index (χ3n) is 3.58. The summed E-state index contributed by atoms with van der Waals surface area (Å²) in [7, 11) is 1.34. The van der Waals surface area contributed by atoms with Crippen molar-refractivity contribution in [3.05, 3.63) is 46.3 Å². The van der Waals surface area contributed by atoms with Gasteiger partial charge in [0.1, 0.15) is 5.75 Å². The number of ether oxygens (including phenoxy) is 1. The van der Waals surface area contributed by atoms with Crippen LogP contribution in [0.4, 0.5) is 11.4 Å². The van der Waals surface area contributed by atoms with Crippen LogP contribution in [-0.4, -0.2) is 38.8 Å². The molecule has 1 aromatic heterocycles. The molecule has 1 amide bonds. The molecule has 1 aromatic carbocycles. The summed E-state index contributed by atoms with van der Waals surface area (Å²) in [6, 6.07) is 3.65. The number of nitrogens with zero attached hydrogens (tertiary/aromatic N) is 3. The summed E-state index contributed by atoms with van der Waals surface area (Å²) in [4.78, 5) is 33.9. The lowest BCUT2D eigenvalue weighted by atomic mass is 10.1. The van der Waals surface area contributed by atoms with Gasteiger partial charge in [-0.05, 0) is 19.9 Å². The Kier molecular flexibility index (Phi) is 4.72. The molecule has 132 valence electrons. The second-order valence-corrected chi connectivity index (χ2v) is 5.63. The molecule has 0 saturated heterocycles. The van der Waals surface area contributed by atoms with E-state index in [9.17, 15) is 24.8 Å². The van der Waals surface area contributed by atoms with Gasteiger partial charge in [-0.25, -0.2) is 4.79 Å². The van der Waals surface area contributed by atoms with E-state index in [1.54, 1.807) is 0 Å². The fraction of sp³-hybridized carbons (Fsp3) is 0.267. The Morgan fingerprint density at radius 1 is 1.40 bits per heavy atom. The van der Waals surface area contributed by atoms with E-state index in [-0.39, 0.29) is 22.7 Å². The van der Waals surface area contributed by atoms with Crippen LogP contribution in [0.1, 0.15) is 24.2 Å². The maximum atomic E-state index is 12.4. The van der Waals surface area contributed by atoms with Crippen molar-refractivity contribution in [1.82, 2.24) is 9.78 Å². The van der Waals surface area contributed by atoms with Gasteiger partial charge in [0.15, 0.2) is 5.54 Å². The highest BCUT2D eigenvalue weighted by Crippen LogP contribution is 2.25. The maximum Gasteiger partial charge on any atom is 0.331 e. The predicted molar refractivity (Wildman–Crippen MR) is 86.8 cm³/mol. The average molecular weight is 348 g/mol. The number of carbonyl (C=O) groups excluding carboxylic acids is 1. The fourth-order valence-electron chi connectivity index (χ4n) is 1.98. The highest BCUT2D eigenvalue weighted by Gasteiger charge is 2.30. The topological polar surface area (TPSA) is 137 Å². The van der Waals surface area contributed by atoms with Crippen LogP contribution in [0.5, 0.6) is 5.75 Å². The second kappa shape index (κ2) is 6.59. The summed E-state index contributed by atoms with van der Waals surface area (Å²) in [5.74, 6) is -1.57. The van der Waals surface area contributed by atoms with Crippen molar-refractivity contribution in [2.24, 2.45) is 0 Å². The molecular weight excluding hydrogens is 332 g/mol. The van der Waals surface area contributed by atoms with Crippen molar-refractivity contribution in [1.29, 1.82) is 0 Å². The number of benzene rings is 1. The van der Waals surface area contributed by atoms with Gasteiger partial charge in [-0.1, -0.05) is 0 Å². The van der Waals surface area contributed by atoms with Crippen molar-refractivity contribution < 1.29 is 24.4 Å². The van der Waals surface area contributed by atoms with E-state index in [1.807, 2.05) is 0 Å². The number of carboxylic acids is 1. The minimum Gasteiger partial charge on any atom is -0.496 e. The molecular formula is C15H16N4O6. The molecule has 0 saturated carbocycles. The van der Waals surface area contributed by atoms with E-state index in [4.69, 9.17) is 4.74 Å². The van der Waals surface area contributed by atoms with Gasteiger partial charge in [0.2, 0.25) is 0 Å². The summed E-state index contributed by atoms with van der Waals surface area (Å²) in [6.45, 7) is 2.91. The number of carboxylic acid groups (broad SMARTS) is 1. The molecule has 0 fully saturated rings. The van der Waals surface area contributed by atoms with Gasteiger partial charge in [0.05, 0.1) is 29.5 Å². The van der Waals surface area contributed by atoms with Gasteiger partial charge >= 0.3 is 5.97 Å². The molecule has 0 radical (unpaired) electrons. The summed E-state index contributed by atoms with van der Waals surface area (Å²) in [5.41, 5.74) is -1.34. The monoisotopic (exact) mass is 348 g/mol. The molecule has 0 atom stereocenters. The standard InChI is InChI=1S/C15H16N4O6/c1-15(2,14(21)22)18-8-9(7-16-18)17-13(20)11-6-10(19(23)24)4-5-12(11)25-3/h4-8H,1-3H3,(H,17,20)(H,21,22). The van der Waals surface area contributed by atoms with Crippen LogP contribution >= 0.6 is 0 Å². The Bertz CT molecular complexity index is 842. The zero-order valence-corrected chi connectivity index (χ0v) is 13.7. The number of nitro benzene ring substituents is 1. The highest BCUT2D eigenvalue weighted by atomic mass is 16.6. The Balaban J connectivity index is 2.29. The number of aliphatic carboxylic acids is 1. The van der Waals surface area contributed by atoms with E-state index >= 15 is 0 Å². The van der Waals surface area contributed by atoms with Crippen LogP contribution in [0.2, 0.25) is 0 Å². The van der Waals surface area contributed by atoms with Gasteiger partial charge in [-0.15, -0.1) is 0 Å². The van der Waals surface area contributed by atoms with Crippen molar-refractivity contribution in [2.75, 3.05) is 12.4 Å². The lowest BCUT2D eigenvalue weighted by Gasteiger charge is -2.19. The van der Waals surface area contributed by atoms with Gasteiger partial charge in [0, 0.05) is 18.3 Å². The van der Waals surface area contributed by atoms with Crippen LogP contribution < -0.4 is 10.1 Å². The summed E-state index contributed by atoms with van der Waals surface area (Å²) >= 11 is 0. The third-order valence-corrected chi connectivity index (χ3v) is 3.58. The first-order valence-electron chi connectivity index (χ1n) is 7.09. The highest BCUT2D eigenvalue weighted by molar-refractivity contribution is 6.06. The number of nitro groups is 1. The van der Waals surface area contributed by atoms with E-state index in [0.29, 0.717) is 0 Å². The summed E-state index contributed by atoms with van der Waals surface area (Å²) in [5, 5.41) is 26.5. The molecule has 2 N–H and O–H groups in total. The van der Waals surface area contributed by atoms with E-state index in [2.05, 4.69) is 10.4 Å². The van der Waals surface area contributed by atoms with Crippen molar-refractivity contribution in [2.45, 2.75) is 19.4 Å². The summed E-state index contributed by atoms with van der Waals surface area (Å²) < 4.78 is 6.24. The Morgan fingerprint density at radius 2 is 2.08 bits per heavy atom. The molecule has 2 aromatic rings. The Hall–Kier alpha value is -3.43. The maximum absolute atomic E-state index is 12.4. The third kappa shape index (κ3) is 3.57. The smallest absolute Gasteiger partial charge is 0.331 e. The Morgan fingerprint density at radius 3 is 2.64 bits per heavy atom. The molecule has 0 aliphatic carbocycles. The van der Waals surface area contributed by atoms with Gasteiger partial charge < -0.3 is 15.2 Å². The molecule has 0 aliphatic heterocycles. The largest absolute Gasteiger partial charge is 0.496 e. The van der Waals surface area contributed by atoms with E-state index in [0.717, 1.165) is 6.07 Å². The van der Waals surface area contributed by atoms with Gasteiger partial charge in [-0.2, -0.15) is 5.10 Å². The molecule has 0 spiro atoms. The minimum absolute atomic E-state index is 0.0260. The van der Waals surface area contributed by atoms with E-state index < -0.39 is 22.3 Å². The number of rotatable bonds is 6. The van der Waals surface area contributed by atoms with Crippen molar-refractivity contribution in [3.63, 3.8) is 0 Å². The molecule has 0 unspecified atom stereocenters. The fourth-order valence-corrected chi connectivity index (χ4v) is 1.98. The van der Waals surface area contributed by atoms with Gasteiger partial charge in [-0.3, -0.25) is 19.6 Å². The molecule has 1 heterocycles. The average Bonchev–Trinajstić information content (AvgIpc) is 3.03. The number of aromatic nitrogens is 2. The van der Waals surface area contributed by atoms with Crippen LogP contribution in [0.25, 0.3) is 0 Å². The molecule has 10 heteroatoms.